The first-order valence-electron chi connectivity index (χ1n) is 12.5. The van der Waals surface area contributed by atoms with Crippen molar-refractivity contribution in [3.8, 4) is 0 Å². The lowest BCUT2D eigenvalue weighted by Crippen LogP contribution is -2.71. The van der Waals surface area contributed by atoms with E-state index in [9.17, 15) is 9.59 Å². The van der Waals surface area contributed by atoms with Gasteiger partial charge in [-0.25, -0.2) is 0 Å². The number of Topliss-reactive ketones (excluding diaryl/α,β-unsaturated/α-hetero) is 1. The Morgan fingerprint density at radius 3 is 1.90 bits per heavy atom. The third kappa shape index (κ3) is 3.20. The van der Waals surface area contributed by atoms with Crippen LogP contribution >= 0.6 is 0 Å². The van der Waals surface area contributed by atoms with Crippen LogP contribution in [-0.4, -0.2) is 71.2 Å². The molecule has 4 heterocycles. The molecule has 170 valence electrons. The summed E-state index contributed by atoms with van der Waals surface area (Å²) in [6.07, 6.45) is 10.2. The van der Waals surface area contributed by atoms with Crippen LogP contribution < -0.4 is 0 Å². The highest BCUT2D eigenvalue weighted by molar-refractivity contribution is 5.91. The number of allylic oxidation sites excluding steroid dienone is 1. The van der Waals surface area contributed by atoms with Gasteiger partial charge in [-0.15, -0.1) is 0 Å². The van der Waals surface area contributed by atoms with E-state index in [1.54, 1.807) is 0 Å². The molecule has 0 amide bonds. The molecule has 7 fully saturated rings. The molecule has 8 aliphatic rings. The van der Waals surface area contributed by atoms with Crippen LogP contribution in [0.4, 0.5) is 0 Å². The van der Waals surface area contributed by atoms with Gasteiger partial charge in [0, 0.05) is 18.3 Å². The van der Waals surface area contributed by atoms with Crippen molar-refractivity contribution in [1.82, 2.24) is 19.6 Å². The summed E-state index contributed by atoms with van der Waals surface area (Å²) in [5.74, 6) is 2.88. The van der Waals surface area contributed by atoms with Gasteiger partial charge >= 0.3 is 0 Å². The number of hydrogen-bond acceptors (Lipinski definition) is 6. The minimum atomic E-state index is -0.0246. The molecule has 3 saturated carbocycles. The topological polar surface area (TPSA) is 47.1 Å². The van der Waals surface area contributed by atoms with E-state index in [1.807, 2.05) is 6.08 Å². The fourth-order valence-corrected chi connectivity index (χ4v) is 8.56. The first kappa shape index (κ1) is 20.5. The van der Waals surface area contributed by atoms with E-state index in [2.05, 4.69) is 33.4 Å². The van der Waals surface area contributed by atoms with Crippen LogP contribution in [0.3, 0.4) is 0 Å². The van der Waals surface area contributed by atoms with E-state index in [0.29, 0.717) is 29.3 Å². The summed E-state index contributed by atoms with van der Waals surface area (Å²) in [5, 5.41) is 0. The average molecular weight is 427 g/mol. The predicted octanol–water partition coefficient (Wildman–Crippen LogP) is 3.07. The Morgan fingerprint density at radius 1 is 0.710 bits per heavy atom. The van der Waals surface area contributed by atoms with Crippen molar-refractivity contribution in [2.24, 2.45) is 28.6 Å². The molecule has 0 unspecified atom stereocenters. The number of carbonyl (C=O) groups is 2. The zero-order chi connectivity index (χ0) is 21.4. The van der Waals surface area contributed by atoms with Crippen LogP contribution in [0.25, 0.3) is 0 Å². The second kappa shape index (κ2) is 7.21. The summed E-state index contributed by atoms with van der Waals surface area (Å²) in [6.45, 7) is 11.8. The van der Waals surface area contributed by atoms with Gasteiger partial charge in [-0.3, -0.25) is 29.2 Å². The molecule has 0 aromatic rings. The molecule has 4 saturated heterocycles. The van der Waals surface area contributed by atoms with Gasteiger partial charge in [0.25, 0.3) is 0 Å². The standard InChI is InChI=1S/C19H26O2.C6H12N4/c1-18-9-7-13(20)11-12(18)3-4-14-15-5-6-17(21)19(15,2)10-8-16(14)18;1-7-2-9-4-8(1)5-10(3-7)6-9/h11,14-16H,3-10H2,1-2H3;1-6H2/t14-,15-,16-,18-,19-;/m0./s1. The molecular weight excluding hydrogens is 388 g/mol. The molecule has 4 aliphatic heterocycles. The Hall–Kier alpha value is -1.08. The zero-order valence-electron chi connectivity index (χ0n) is 19.3. The highest BCUT2D eigenvalue weighted by atomic mass is 16.1. The SMILES string of the molecule is C1N2CN3CN1CN(C2)C3.C[C@]12CCC(=O)C=C1CC[C@@H]1[C@@H]2CC[C@]2(C)C(=O)CC[C@@H]12. The Labute approximate surface area is 186 Å². The van der Waals surface area contributed by atoms with Crippen molar-refractivity contribution in [1.29, 1.82) is 0 Å². The van der Waals surface area contributed by atoms with Crippen LogP contribution in [0.15, 0.2) is 11.6 Å². The molecule has 0 aromatic carbocycles. The molecule has 0 spiro atoms. The average Bonchev–Trinajstić information content (AvgIpc) is 3.03. The van der Waals surface area contributed by atoms with Crippen molar-refractivity contribution in [3.63, 3.8) is 0 Å². The van der Waals surface area contributed by atoms with Crippen LogP contribution in [-0.2, 0) is 9.59 Å². The summed E-state index contributed by atoms with van der Waals surface area (Å²) in [6, 6.07) is 0. The number of nitrogens with zero attached hydrogens (tertiary/aromatic N) is 4. The number of hydrogen-bond donors (Lipinski definition) is 0. The number of rotatable bonds is 0. The van der Waals surface area contributed by atoms with Gasteiger partial charge in [0.05, 0.1) is 40.0 Å². The minimum absolute atomic E-state index is 0.0246. The smallest absolute Gasteiger partial charge is 0.155 e. The van der Waals surface area contributed by atoms with Crippen molar-refractivity contribution < 1.29 is 9.59 Å². The maximum atomic E-state index is 12.4. The largest absolute Gasteiger partial charge is 0.299 e. The quantitative estimate of drug-likeness (QED) is 0.593. The molecule has 4 aliphatic carbocycles. The number of ketones is 2. The van der Waals surface area contributed by atoms with Gasteiger partial charge in [0.1, 0.15) is 5.78 Å². The zero-order valence-corrected chi connectivity index (χ0v) is 19.3. The van der Waals surface area contributed by atoms with E-state index < -0.39 is 0 Å². The van der Waals surface area contributed by atoms with Crippen molar-refractivity contribution in [2.75, 3.05) is 40.0 Å². The molecule has 5 atom stereocenters. The van der Waals surface area contributed by atoms with Gasteiger partial charge in [0.15, 0.2) is 5.78 Å². The third-order valence-corrected chi connectivity index (χ3v) is 10.1. The molecule has 8 rings (SSSR count). The predicted molar refractivity (Wildman–Crippen MR) is 118 cm³/mol. The molecule has 6 nitrogen and oxygen atoms in total. The van der Waals surface area contributed by atoms with Gasteiger partial charge in [0.2, 0.25) is 0 Å². The Bertz CT molecular complexity index is 768. The van der Waals surface area contributed by atoms with Gasteiger partial charge in [-0.1, -0.05) is 19.4 Å². The van der Waals surface area contributed by atoms with E-state index >= 15 is 0 Å². The van der Waals surface area contributed by atoms with E-state index in [1.165, 1.54) is 58.4 Å². The summed E-state index contributed by atoms with van der Waals surface area (Å²) in [4.78, 5) is 34.0. The second-order valence-electron chi connectivity index (χ2n) is 11.9. The van der Waals surface area contributed by atoms with E-state index in [-0.39, 0.29) is 10.8 Å². The van der Waals surface area contributed by atoms with Gasteiger partial charge < -0.3 is 0 Å². The highest BCUT2D eigenvalue weighted by Gasteiger charge is 2.58. The Kier molecular flexibility index (Phi) is 4.77. The van der Waals surface area contributed by atoms with Crippen LogP contribution in [0, 0.1) is 28.6 Å². The molecule has 31 heavy (non-hydrogen) atoms. The fourth-order valence-electron chi connectivity index (χ4n) is 8.56. The molecule has 4 bridgehead atoms. The van der Waals surface area contributed by atoms with Crippen LogP contribution in [0.1, 0.15) is 65.2 Å². The molecule has 6 heteroatoms. The lowest BCUT2D eigenvalue weighted by atomic mass is 9.47. The molecular formula is C25H38N4O2. The Morgan fingerprint density at radius 2 is 1.29 bits per heavy atom. The fraction of sp³-hybridized carbons (Fsp3) is 0.840. The first-order chi connectivity index (χ1) is 14.8. The van der Waals surface area contributed by atoms with Crippen LogP contribution in [0.2, 0.25) is 0 Å². The minimum Gasteiger partial charge on any atom is -0.299 e. The Balaban J connectivity index is 0.000000153. The summed E-state index contributed by atoms with van der Waals surface area (Å²) < 4.78 is 0. The van der Waals surface area contributed by atoms with Crippen molar-refractivity contribution in [3.05, 3.63) is 11.6 Å². The molecule has 0 N–H and O–H groups in total. The second-order valence-corrected chi connectivity index (χ2v) is 11.9. The monoisotopic (exact) mass is 426 g/mol. The first-order valence-corrected chi connectivity index (χ1v) is 12.5. The summed E-state index contributed by atoms with van der Waals surface area (Å²) >= 11 is 0. The van der Waals surface area contributed by atoms with Gasteiger partial charge in [-0.05, 0) is 67.8 Å². The lowest BCUT2D eigenvalue weighted by molar-refractivity contribution is -0.194. The molecule has 0 radical (unpaired) electrons. The lowest BCUT2D eigenvalue weighted by Gasteiger charge is -2.56. The number of fused-ring (bicyclic) bond motifs is 5. The summed E-state index contributed by atoms with van der Waals surface area (Å²) in [7, 11) is 0. The highest BCUT2D eigenvalue weighted by Crippen LogP contribution is 2.64. The normalized spacial score (nSPS) is 51.9. The van der Waals surface area contributed by atoms with Crippen molar-refractivity contribution >= 4 is 11.6 Å². The van der Waals surface area contributed by atoms with E-state index in [4.69, 9.17) is 0 Å². The third-order valence-electron chi connectivity index (χ3n) is 10.1. The maximum Gasteiger partial charge on any atom is 0.155 e. The molecule has 0 aromatic heterocycles. The number of carbonyl (C=O) groups excluding carboxylic acids is 2. The van der Waals surface area contributed by atoms with E-state index in [0.717, 1.165) is 38.5 Å². The van der Waals surface area contributed by atoms with Gasteiger partial charge in [-0.2, -0.15) is 0 Å². The summed E-state index contributed by atoms with van der Waals surface area (Å²) in [5.41, 5.74) is 1.64. The van der Waals surface area contributed by atoms with Crippen LogP contribution in [0.5, 0.6) is 0 Å². The van der Waals surface area contributed by atoms with Crippen molar-refractivity contribution in [2.45, 2.75) is 65.2 Å². The maximum absolute atomic E-state index is 12.4.